The number of para-hydroxylation sites is 1. The molecule has 156 valence electrons. The van der Waals surface area contributed by atoms with Gasteiger partial charge in [-0.1, -0.05) is 66.7 Å². The summed E-state index contributed by atoms with van der Waals surface area (Å²) in [4.78, 5) is 31.8. The second-order valence-corrected chi connectivity index (χ2v) is 7.66. The van der Waals surface area contributed by atoms with Crippen molar-refractivity contribution >= 4 is 16.8 Å². The second-order valence-electron chi connectivity index (χ2n) is 7.66. The summed E-state index contributed by atoms with van der Waals surface area (Å²) in [7, 11) is 0. The summed E-state index contributed by atoms with van der Waals surface area (Å²) in [6.07, 6.45) is 1.55. The number of fused-ring (bicyclic) bond motifs is 1. The third-order valence-corrected chi connectivity index (χ3v) is 5.37. The number of nitrogens with one attached hydrogen (secondary N) is 2. The van der Waals surface area contributed by atoms with Crippen LogP contribution in [-0.4, -0.2) is 15.9 Å². The highest BCUT2D eigenvalue weighted by Crippen LogP contribution is 2.21. The maximum atomic E-state index is 12.4. The van der Waals surface area contributed by atoms with Gasteiger partial charge in [0.15, 0.2) is 0 Å². The Bertz CT molecular complexity index is 1230. The minimum Gasteiger partial charge on any atom is -0.350 e. The Morgan fingerprint density at radius 3 is 2.39 bits per heavy atom. The topological polar surface area (TPSA) is 74.8 Å². The van der Waals surface area contributed by atoms with Gasteiger partial charge in [-0.15, -0.1) is 0 Å². The summed E-state index contributed by atoms with van der Waals surface area (Å²) >= 11 is 0. The van der Waals surface area contributed by atoms with Gasteiger partial charge in [-0.05, 0) is 42.2 Å². The third kappa shape index (κ3) is 5.07. The van der Waals surface area contributed by atoms with Crippen molar-refractivity contribution in [3.8, 4) is 11.1 Å². The molecule has 4 aromatic rings. The number of H-pyrrole nitrogens is 1. The lowest BCUT2D eigenvalue weighted by Gasteiger charge is -2.15. The number of carbonyl (C=O) groups excluding carboxylic acids is 1. The van der Waals surface area contributed by atoms with E-state index >= 15 is 0 Å². The predicted molar refractivity (Wildman–Crippen MR) is 124 cm³/mol. The highest BCUT2D eigenvalue weighted by atomic mass is 16.1. The SMILES string of the molecule is CC(NC(=O)CCCc1nc2ccccc2c(=O)[nH]1)c1ccc(-c2ccccc2)cc1. The first kappa shape index (κ1) is 20.5. The van der Waals surface area contributed by atoms with Crippen LogP contribution in [-0.2, 0) is 11.2 Å². The van der Waals surface area contributed by atoms with E-state index in [1.807, 2.05) is 43.3 Å². The number of hydrogen-bond acceptors (Lipinski definition) is 3. The molecule has 0 aliphatic rings. The molecule has 1 unspecified atom stereocenters. The van der Waals surface area contributed by atoms with Crippen LogP contribution in [0.4, 0.5) is 0 Å². The van der Waals surface area contributed by atoms with E-state index in [2.05, 4.69) is 51.7 Å². The monoisotopic (exact) mass is 411 g/mol. The fraction of sp³-hybridized carbons (Fsp3) is 0.192. The average molecular weight is 412 g/mol. The largest absolute Gasteiger partial charge is 0.350 e. The molecule has 0 radical (unpaired) electrons. The summed E-state index contributed by atoms with van der Waals surface area (Å²) in [5.41, 5.74) is 3.93. The molecule has 1 amide bonds. The number of benzene rings is 3. The van der Waals surface area contributed by atoms with E-state index in [4.69, 9.17) is 0 Å². The molecule has 5 heteroatoms. The molecular formula is C26H25N3O2. The van der Waals surface area contributed by atoms with Gasteiger partial charge >= 0.3 is 0 Å². The van der Waals surface area contributed by atoms with Gasteiger partial charge in [-0.3, -0.25) is 9.59 Å². The van der Waals surface area contributed by atoms with Gasteiger partial charge in [0.2, 0.25) is 5.91 Å². The minimum atomic E-state index is -0.141. The van der Waals surface area contributed by atoms with Crippen molar-refractivity contribution < 1.29 is 4.79 Å². The average Bonchev–Trinajstić information content (AvgIpc) is 2.80. The van der Waals surface area contributed by atoms with Crippen LogP contribution in [0.15, 0.2) is 83.7 Å². The predicted octanol–water partition coefficient (Wildman–Crippen LogP) is 4.79. The van der Waals surface area contributed by atoms with Crippen molar-refractivity contribution in [2.45, 2.75) is 32.2 Å². The fourth-order valence-electron chi connectivity index (χ4n) is 3.66. The summed E-state index contributed by atoms with van der Waals surface area (Å²) in [5, 5.41) is 3.63. The molecule has 0 saturated carbocycles. The zero-order valence-corrected chi connectivity index (χ0v) is 17.5. The summed E-state index contributed by atoms with van der Waals surface area (Å²) in [6, 6.07) is 25.7. The molecule has 2 N–H and O–H groups in total. The molecule has 1 atom stereocenters. The summed E-state index contributed by atoms with van der Waals surface area (Å²) < 4.78 is 0. The maximum Gasteiger partial charge on any atom is 0.258 e. The minimum absolute atomic E-state index is 0.0113. The third-order valence-electron chi connectivity index (χ3n) is 5.37. The molecule has 0 bridgehead atoms. The van der Waals surface area contributed by atoms with Crippen molar-refractivity contribution in [2.24, 2.45) is 0 Å². The normalized spacial score (nSPS) is 11.9. The van der Waals surface area contributed by atoms with Gasteiger partial charge in [0.1, 0.15) is 5.82 Å². The Balaban J connectivity index is 1.30. The molecule has 4 rings (SSSR count). The van der Waals surface area contributed by atoms with Crippen LogP contribution in [0.25, 0.3) is 22.0 Å². The van der Waals surface area contributed by atoms with Crippen LogP contribution >= 0.6 is 0 Å². The lowest BCUT2D eigenvalue weighted by molar-refractivity contribution is -0.121. The van der Waals surface area contributed by atoms with E-state index in [1.54, 1.807) is 6.07 Å². The lowest BCUT2D eigenvalue weighted by Crippen LogP contribution is -2.26. The van der Waals surface area contributed by atoms with E-state index in [-0.39, 0.29) is 17.5 Å². The molecule has 3 aromatic carbocycles. The molecular weight excluding hydrogens is 386 g/mol. The molecule has 0 aliphatic carbocycles. The van der Waals surface area contributed by atoms with Gasteiger partial charge in [0.05, 0.1) is 16.9 Å². The van der Waals surface area contributed by atoms with E-state index in [9.17, 15) is 9.59 Å². The Morgan fingerprint density at radius 2 is 1.61 bits per heavy atom. The van der Waals surface area contributed by atoms with Crippen LogP contribution in [0.2, 0.25) is 0 Å². The van der Waals surface area contributed by atoms with Gasteiger partial charge < -0.3 is 10.3 Å². The number of rotatable bonds is 7. The molecule has 0 aliphatic heterocycles. The molecule has 0 saturated heterocycles. The van der Waals surface area contributed by atoms with E-state index in [0.29, 0.717) is 36.0 Å². The van der Waals surface area contributed by atoms with E-state index in [0.717, 1.165) is 11.1 Å². The first-order valence-electron chi connectivity index (χ1n) is 10.5. The van der Waals surface area contributed by atoms with Crippen molar-refractivity contribution in [3.05, 3.63) is 101 Å². The number of nitrogens with zero attached hydrogens (tertiary/aromatic N) is 1. The number of carbonyl (C=O) groups is 1. The van der Waals surface area contributed by atoms with Gasteiger partial charge in [-0.25, -0.2) is 4.98 Å². The Kier molecular flexibility index (Phi) is 6.22. The number of aromatic nitrogens is 2. The smallest absolute Gasteiger partial charge is 0.258 e. The number of aryl methyl sites for hydroxylation is 1. The summed E-state index contributed by atoms with van der Waals surface area (Å²) in [6.45, 7) is 1.98. The molecule has 0 spiro atoms. The first-order chi connectivity index (χ1) is 15.1. The van der Waals surface area contributed by atoms with E-state index in [1.165, 1.54) is 5.56 Å². The van der Waals surface area contributed by atoms with Gasteiger partial charge in [0.25, 0.3) is 5.56 Å². The number of aromatic amines is 1. The Hall–Kier alpha value is -3.73. The fourth-order valence-corrected chi connectivity index (χ4v) is 3.66. The zero-order chi connectivity index (χ0) is 21.6. The van der Waals surface area contributed by atoms with Crippen LogP contribution in [0, 0.1) is 0 Å². The standard InChI is InChI=1S/C26H25N3O2/c1-18(19-14-16-21(17-15-19)20-8-3-2-4-9-20)27-25(30)13-7-12-24-28-23-11-6-5-10-22(23)26(31)29-24/h2-6,8-11,14-18H,7,12-13H2,1H3,(H,27,30)(H,28,29,31). The Morgan fingerprint density at radius 1 is 0.935 bits per heavy atom. The molecule has 31 heavy (non-hydrogen) atoms. The maximum absolute atomic E-state index is 12.4. The zero-order valence-electron chi connectivity index (χ0n) is 17.5. The molecule has 1 aromatic heterocycles. The molecule has 1 heterocycles. The van der Waals surface area contributed by atoms with Crippen molar-refractivity contribution in [1.82, 2.24) is 15.3 Å². The number of amides is 1. The van der Waals surface area contributed by atoms with E-state index < -0.39 is 0 Å². The van der Waals surface area contributed by atoms with Gasteiger partial charge in [0, 0.05) is 12.8 Å². The highest BCUT2D eigenvalue weighted by Gasteiger charge is 2.11. The van der Waals surface area contributed by atoms with Crippen molar-refractivity contribution in [2.75, 3.05) is 0 Å². The molecule has 0 fully saturated rings. The number of hydrogen-bond donors (Lipinski definition) is 2. The van der Waals surface area contributed by atoms with Crippen molar-refractivity contribution in [3.63, 3.8) is 0 Å². The van der Waals surface area contributed by atoms with Crippen LogP contribution in [0.3, 0.4) is 0 Å². The first-order valence-corrected chi connectivity index (χ1v) is 10.5. The van der Waals surface area contributed by atoms with Crippen molar-refractivity contribution in [1.29, 1.82) is 0 Å². The quantitative estimate of drug-likeness (QED) is 0.459. The highest BCUT2D eigenvalue weighted by molar-refractivity contribution is 5.77. The second kappa shape index (κ2) is 9.39. The summed E-state index contributed by atoms with van der Waals surface area (Å²) in [5.74, 6) is 0.601. The lowest BCUT2D eigenvalue weighted by atomic mass is 10.0. The molecule has 5 nitrogen and oxygen atoms in total. The van der Waals surface area contributed by atoms with Gasteiger partial charge in [-0.2, -0.15) is 0 Å². The van der Waals surface area contributed by atoms with Crippen LogP contribution in [0.1, 0.15) is 37.2 Å². The Labute approximate surface area is 181 Å². The van der Waals surface area contributed by atoms with Crippen LogP contribution in [0.5, 0.6) is 0 Å². The van der Waals surface area contributed by atoms with Crippen LogP contribution < -0.4 is 10.9 Å².